The van der Waals surface area contributed by atoms with Gasteiger partial charge in [0.2, 0.25) is 5.82 Å². The maximum Gasteiger partial charge on any atom is 0.416 e. The van der Waals surface area contributed by atoms with Gasteiger partial charge < -0.3 is 15.0 Å². The number of nitrogens with zero attached hydrogens (tertiary/aromatic N) is 2. The van der Waals surface area contributed by atoms with E-state index in [1.165, 1.54) is 12.1 Å². The van der Waals surface area contributed by atoms with Gasteiger partial charge in [-0.1, -0.05) is 11.2 Å². The molecule has 0 aliphatic carbocycles. The van der Waals surface area contributed by atoms with Crippen molar-refractivity contribution >= 4 is 6.01 Å². The summed E-state index contributed by atoms with van der Waals surface area (Å²) >= 11 is 0. The van der Waals surface area contributed by atoms with Crippen molar-refractivity contribution < 1.29 is 22.4 Å². The maximum absolute atomic E-state index is 12.4. The quantitative estimate of drug-likeness (QED) is 0.915. The van der Waals surface area contributed by atoms with Crippen LogP contribution in [0.3, 0.4) is 0 Å². The molecule has 1 aromatic heterocycles. The number of hydrogen-bond donors (Lipinski definition) is 1. The number of rotatable bonds is 3. The molecule has 0 spiro atoms. The van der Waals surface area contributed by atoms with Crippen LogP contribution < -0.4 is 10.5 Å². The van der Waals surface area contributed by atoms with Crippen LogP contribution >= 0.6 is 0 Å². The number of hydrogen-bond acceptors (Lipinski definition) is 5. The third kappa shape index (κ3) is 2.90. The van der Waals surface area contributed by atoms with Gasteiger partial charge in [-0.2, -0.15) is 18.2 Å². The van der Waals surface area contributed by atoms with Crippen molar-refractivity contribution in [2.45, 2.75) is 12.8 Å². The van der Waals surface area contributed by atoms with Crippen LogP contribution in [0.2, 0.25) is 0 Å². The lowest BCUT2D eigenvalue weighted by molar-refractivity contribution is -0.137. The summed E-state index contributed by atoms with van der Waals surface area (Å²) in [4.78, 5) is 3.65. The number of nitrogens with two attached hydrogens (primary N) is 1. The third-order valence-corrected chi connectivity index (χ3v) is 2.01. The Morgan fingerprint density at radius 2 is 2.11 bits per heavy atom. The smallest absolute Gasteiger partial charge is 0.416 e. The fraction of sp³-hybridized carbons (Fsp3) is 0.200. The van der Waals surface area contributed by atoms with Crippen molar-refractivity contribution in [2.24, 2.45) is 0 Å². The number of halogens is 3. The first kappa shape index (κ1) is 12.2. The number of ether oxygens (including phenoxy) is 1. The van der Waals surface area contributed by atoms with Crippen LogP contribution in [-0.4, -0.2) is 10.1 Å². The highest BCUT2D eigenvalue weighted by Gasteiger charge is 2.30. The van der Waals surface area contributed by atoms with Crippen molar-refractivity contribution in [1.82, 2.24) is 10.1 Å². The van der Waals surface area contributed by atoms with Crippen LogP contribution in [0, 0.1) is 0 Å². The highest BCUT2D eigenvalue weighted by atomic mass is 19.4. The molecule has 0 saturated heterocycles. The molecule has 2 rings (SSSR count). The van der Waals surface area contributed by atoms with Gasteiger partial charge in [0.05, 0.1) is 5.56 Å². The van der Waals surface area contributed by atoms with E-state index < -0.39 is 11.7 Å². The molecule has 0 aliphatic heterocycles. The molecule has 0 fully saturated rings. The first-order valence-corrected chi connectivity index (χ1v) is 4.83. The van der Waals surface area contributed by atoms with E-state index in [9.17, 15) is 13.2 Å². The summed E-state index contributed by atoms with van der Waals surface area (Å²) in [5.41, 5.74) is 4.40. The minimum Gasteiger partial charge on any atom is -0.485 e. The molecule has 2 N–H and O–H groups in total. The van der Waals surface area contributed by atoms with Gasteiger partial charge in [-0.3, -0.25) is 0 Å². The van der Waals surface area contributed by atoms with E-state index in [-0.39, 0.29) is 24.2 Å². The topological polar surface area (TPSA) is 74.2 Å². The van der Waals surface area contributed by atoms with E-state index in [0.29, 0.717) is 0 Å². The Kier molecular flexibility index (Phi) is 3.09. The summed E-state index contributed by atoms with van der Waals surface area (Å²) in [5, 5.41) is 3.44. The summed E-state index contributed by atoms with van der Waals surface area (Å²) in [6.07, 6.45) is -4.41. The Bertz CT molecular complexity index is 539. The van der Waals surface area contributed by atoms with Gasteiger partial charge in [0, 0.05) is 0 Å². The largest absolute Gasteiger partial charge is 0.485 e. The second-order valence-electron chi connectivity index (χ2n) is 3.36. The molecule has 5 nitrogen and oxygen atoms in total. The van der Waals surface area contributed by atoms with Gasteiger partial charge in [0.25, 0.3) is 0 Å². The summed E-state index contributed by atoms with van der Waals surface area (Å²) in [6.45, 7) is -0.123. The Morgan fingerprint density at radius 3 is 2.72 bits per heavy atom. The molecule has 0 radical (unpaired) electrons. The fourth-order valence-corrected chi connectivity index (χ4v) is 1.24. The average Bonchev–Trinajstić information content (AvgIpc) is 2.72. The fourth-order valence-electron chi connectivity index (χ4n) is 1.24. The zero-order valence-corrected chi connectivity index (χ0v) is 8.94. The van der Waals surface area contributed by atoms with Crippen LogP contribution in [0.25, 0.3) is 0 Å². The molecule has 18 heavy (non-hydrogen) atoms. The van der Waals surface area contributed by atoms with Gasteiger partial charge in [-0.25, -0.2) is 0 Å². The van der Waals surface area contributed by atoms with Crippen LogP contribution in [-0.2, 0) is 12.8 Å². The summed E-state index contributed by atoms with van der Waals surface area (Å²) < 4.78 is 46.9. The number of nitrogen functional groups attached to an aromatic ring is 1. The number of aromatic nitrogens is 2. The third-order valence-electron chi connectivity index (χ3n) is 2.01. The van der Waals surface area contributed by atoms with Crippen LogP contribution in [0.15, 0.2) is 28.8 Å². The highest BCUT2D eigenvalue weighted by molar-refractivity contribution is 5.30. The van der Waals surface area contributed by atoms with Gasteiger partial charge in [-0.15, -0.1) is 0 Å². The molecule has 1 aromatic carbocycles. The monoisotopic (exact) mass is 259 g/mol. The van der Waals surface area contributed by atoms with Crippen molar-refractivity contribution in [1.29, 1.82) is 0 Å². The summed E-state index contributed by atoms with van der Waals surface area (Å²) in [5.74, 6) is 0.220. The van der Waals surface area contributed by atoms with Crippen molar-refractivity contribution in [2.75, 3.05) is 5.73 Å². The molecule has 0 atom stereocenters. The van der Waals surface area contributed by atoms with Crippen molar-refractivity contribution in [3.05, 3.63) is 35.7 Å². The van der Waals surface area contributed by atoms with Crippen molar-refractivity contribution in [3.63, 3.8) is 0 Å². The van der Waals surface area contributed by atoms with E-state index in [1.54, 1.807) is 0 Å². The Morgan fingerprint density at radius 1 is 1.33 bits per heavy atom. The lowest BCUT2D eigenvalue weighted by atomic mass is 10.2. The highest BCUT2D eigenvalue weighted by Crippen LogP contribution is 2.31. The van der Waals surface area contributed by atoms with Crippen LogP contribution in [0.1, 0.15) is 11.4 Å². The summed E-state index contributed by atoms with van der Waals surface area (Å²) in [6, 6.07) is 4.38. The first-order valence-electron chi connectivity index (χ1n) is 4.83. The number of benzene rings is 1. The Labute approximate surface area is 99.4 Å². The van der Waals surface area contributed by atoms with Gasteiger partial charge in [0.1, 0.15) is 5.75 Å². The van der Waals surface area contributed by atoms with E-state index in [2.05, 4.69) is 14.7 Å². The van der Waals surface area contributed by atoms with E-state index in [4.69, 9.17) is 10.5 Å². The molecule has 8 heteroatoms. The zero-order valence-electron chi connectivity index (χ0n) is 8.94. The first-order chi connectivity index (χ1) is 8.45. The molecule has 0 bridgehead atoms. The second-order valence-corrected chi connectivity index (χ2v) is 3.36. The molecule has 2 aromatic rings. The van der Waals surface area contributed by atoms with E-state index >= 15 is 0 Å². The zero-order chi connectivity index (χ0) is 13.2. The minimum atomic E-state index is -4.41. The SMILES string of the molecule is Nc1nc(COc2cccc(C(F)(F)F)c2)no1. The van der Waals surface area contributed by atoms with Gasteiger partial charge >= 0.3 is 12.2 Å². The molecule has 0 saturated carbocycles. The predicted octanol–water partition coefficient (Wildman–Crippen LogP) is 2.25. The predicted molar refractivity (Wildman–Crippen MR) is 54.5 cm³/mol. The standard InChI is InChI=1S/C10H8F3N3O2/c11-10(12,13)6-2-1-3-7(4-6)17-5-8-15-9(14)18-16-8/h1-4H,5H2,(H2,14,15,16). The minimum absolute atomic E-state index is 0.0631. The van der Waals surface area contributed by atoms with Crippen molar-refractivity contribution in [3.8, 4) is 5.75 Å². The van der Waals surface area contributed by atoms with E-state index in [1.807, 2.05) is 0 Å². The molecule has 0 unspecified atom stereocenters. The van der Waals surface area contributed by atoms with Crippen LogP contribution in [0.4, 0.5) is 19.2 Å². The molecule has 96 valence electrons. The lowest BCUT2D eigenvalue weighted by Crippen LogP contribution is -2.05. The van der Waals surface area contributed by atoms with E-state index in [0.717, 1.165) is 12.1 Å². The lowest BCUT2D eigenvalue weighted by Gasteiger charge is -2.08. The van der Waals surface area contributed by atoms with Crippen LogP contribution in [0.5, 0.6) is 5.75 Å². The number of alkyl halides is 3. The van der Waals surface area contributed by atoms with Gasteiger partial charge in [-0.05, 0) is 18.2 Å². The molecular weight excluding hydrogens is 251 g/mol. The Hall–Kier alpha value is -2.25. The number of anilines is 1. The summed E-state index contributed by atoms with van der Waals surface area (Å²) in [7, 11) is 0. The molecule has 1 heterocycles. The van der Waals surface area contributed by atoms with Gasteiger partial charge in [0.15, 0.2) is 6.61 Å². The second kappa shape index (κ2) is 4.55. The Balaban J connectivity index is 2.06. The molecule has 0 amide bonds. The molecule has 0 aliphatic rings. The maximum atomic E-state index is 12.4. The normalized spacial score (nSPS) is 11.5. The average molecular weight is 259 g/mol. The molecular formula is C10H8F3N3O2.